The van der Waals surface area contributed by atoms with E-state index < -0.39 is 5.97 Å². The molecule has 0 amide bonds. The quantitative estimate of drug-likeness (QED) is 0.932. The average molecular weight is 319 g/mol. The summed E-state index contributed by atoms with van der Waals surface area (Å²) in [6.07, 6.45) is 1.57. The summed E-state index contributed by atoms with van der Waals surface area (Å²) < 4.78 is 13.6. The third-order valence-electron chi connectivity index (χ3n) is 4.19. The van der Waals surface area contributed by atoms with Gasteiger partial charge in [0.25, 0.3) is 0 Å². The Labute approximate surface area is 133 Å². The summed E-state index contributed by atoms with van der Waals surface area (Å²) in [5.74, 6) is -1.35. The van der Waals surface area contributed by atoms with Gasteiger partial charge in [0.15, 0.2) is 0 Å². The Morgan fingerprint density at radius 3 is 2.91 bits per heavy atom. The Balaban J connectivity index is 1.94. The zero-order valence-electron chi connectivity index (χ0n) is 12.1. The maximum atomic E-state index is 13.6. The van der Waals surface area contributed by atoms with Gasteiger partial charge in [-0.2, -0.15) is 11.3 Å². The highest BCUT2D eigenvalue weighted by molar-refractivity contribution is 7.08. The zero-order valence-corrected chi connectivity index (χ0v) is 12.9. The molecular weight excluding hydrogens is 301 g/mol. The molecule has 3 rings (SSSR count). The van der Waals surface area contributed by atoms with Crippen molar-refractivity contribution < 1.29 is 14.3 Å². The first-order valence-corrected chi connectivity index (χ1v) is 8.34. The summed E-state index contributed by atoms with van der Waals surface area (Å²) >= 11 is 1.60. The van der Waals surface area contributed by atoms with Crippen LogP contribution in [0.25, 0.3) is 0 Å². The standard InChI is InChI=1S/C17H18FNO2S/c18-15-5-1-3-12(9-15)16(14-6-8-22-11-14)19-7-2-4-13(10-19)17(20)21/h1,3,5-6,8-9,11,13,16H,2,4,7,10H2,(H,20,21). The molecule has 1 aromatic carbocycles. The third-order valence-corrected chi connectivity index (χ3v) is 4.89. The van der Waals surface area contributed by atoms with Crippen molar-refractivity contribution in [2.45, 2.75) is 18.9 Å². The first-order chi connectivity index (χ1) is 10.6. The third kappa shape index (κ3) is 3.20. The molecule has 1 fully saturated rings. The summed E-state index contributed by atoms with van der Waals surface area (Å²) in [6.45, 7) is 1.34. The maximum absolute atomic E-state index is 13.6. The Morgan fingerprint density at radius 1 is 1.36 bits per heavy atom. The number of benzene rings is 1. The highest BCUT2D eigenvalue weighted by Gasteiger charge is 2.31. The maximum Gasteiger partial charge on any atom is 0.307 e. The predicted molar refractivity (Wildman–Crippen MR) is 84.5 cm³/mol. The minimum Gasteiger partial charge on any atom is -0.481 e. The summed E-state index contributed by atoms with van der Waals surface area (Å²) in [5.41, 5.74) is 1.98. The molecule has 0 radical (unpaired) electrons. The van der Waals surface area contributed by atoms with Crippen molar-refractivity contribution in [3.63, 3.8) is 0 Å². The first-order valence-electron chi connectivity index (χ1n) is 7.39. The fourth-order valence-electron chi connectivity index (χ4n) is 3.16. The van der Waals surface area contributed by atoms with Gasteiger partial charge in [-0.25, -0.2) is 4.39 Å². The molecule has 116 valence electrons. The van der Waals surface area contributed by atoms with E-state index in [0.29, 0.717) is 13.0 Å². The van der Waals surface area contributed by atoms with E-state index in [1.54, 1.807) is 23.5 Å². The van der Waals surface area contributed by atoms with Crippen LogP contribution in [-0.4, -0.2) is 29.1 Å². The molecule has 5 heteroatoms. The molecule has 1 aliphatic heterocycles. The Kier molecular flexibility index (Phi) is 4.55. The fraction of sp³-hybridized carbons (Fsp3) is 0.353. The lowest BCUT2D eigenvalue weighted by Crippen LogP contribution is -2.41. The van der Waals surface area contributed by atoms with Crippen LogP contribution in [0.5, 0.6) is 0 Å². The molecule has 1 N–H and O–H groups in total. The normalized spacial score (nSPS) is 20.7. The van der Waals surface area contributed by atoms with E-state index in [4.69, 9.17) is 0 Å². The fourth-order valence-corrected chi connectivity index (χ4v) is 3.84. The van der Waals surface area contributed by atoms with Crippen LogP contribution in [0.3, 0.4) is 0 Å². The molecule has 2 aromatic rings. The van der Waals surface area contributed by atoms with Crippen molar-refractivity contribution in [3.05, 3.63) is 58.0 Å². The van der Waals surface area contributed by atoms with E-state index in [0.717, 1.165) is 24.1 Å². The second-order valence-corrected chi connectivity index (χ2v) is 6.47. The van der Waals surface area contributed by atoms with Gasteiger partial charge in [0.05, 0.1) is 12.0 Å². The number of hydrogen-bond donors (Lipinski definition) is 1. The number of aliphatic carboxylic acids is 1. The molecule has 1 aromatic heterocycles. The Hall–Kier alpha value is -1.72. The van der Waals surface area contributed by atoms with Gasteiger partial charge >= 0.3 is 5.97 Å². The molecule has 2 heterocycles. The molecule has 3 nitrogen and oxygen atoms in total. The van der Waals surface area contributed by atoms with Crippen LogP contribution >= 0.6 is 11.3 Å². The average Bonchev–Trinajstić information content (AvgIpc) is 3.02. The van der Waals surface area contributed by atoms with Gasteiger partial charge in [-0.1, -0.05) is 12.1 Å². The van der Waals surface area contributed by atoms with Crippen molar-refractivity contribution >= 4 is 17.3 Å². The number of carboxylic acid groups (broad SMARTS) is 1. The van der Waals surface area contributed by atoms with Crippen molar-refractivity contribution in [1.82, 2.24) is 4.90 Å². The number of halogens is 1. The second-order valence-electron chi connectivity index (χ2n) is 5.69. The van der Waals surface area contributed by atoms with E-state index in [1.807, 2.05) is 17.5 Å². The lowest BCUT2D eigenvalue weighted by molar-refractivity contribution is -0.143. The van der Waals surface area contributed by atoms with Gasteiger partial charge in [-0.3, -0.25) is 9.69 Å². The number of piperidine rings is 1. The van der Waals surface area contributed by atoms with Gasteiger partial charge in [0.1, 0.15) is 5.82 Å². The lowest BCUT2D eigenvalue weighted by atomic mass is 9.92. The van der Waals surface area contributed by atoms with Gasteiger partial charge in [0, 0.05) is 6.54 Å². The SMILES string of the molecule is O=C(O)C1CCCN(C(c2ccsc2)c2cccc(F)c2)C1. The van der Waals surface area contributed by atoms with E-state index >= 15 is 0 Å². The second kappa shape index (κ2) is 6.58. The zero-order chi connectivity index (χ0) is 15.5. The molecule has 1 aliphatic rings. The van der Waals surface area contributed by atoms with Gasteiger partial charge in [-0.05, 0) is 59.5 Å². The molecule has 1 saturated heterocycles. The first kappa shape index (κ1) is 15.2. The summed E-state index contributed by atoms with van der Waals surface area (Å²) in [4.78, 5) is 13.5. The van der Waals surface area contributed by atoms with Gasteiger partial charge in [-0.15, -0.1) is 0 Å². The summed E-state index contributed by atoms with van der Waals surface area (Å²) in [5, 5.41) is 13.4. The summed E-state index contributed by atoms with van der Waals surface area (Å²) in [7, 11) is 0. The van der Waals surface area contributed by atoms with Gasteiger partial charge < -0.3 is 5.11 Å². The van der Waals surface area contributed by atoms with Crippen LogP contribution < -0.4 is 0 Å². The molecular formula is C17H18FNO2S. The number of carboxylic acids is 1. The molecule has 2 atom stereocenters. The van der Waals surface area contributed by atoms with E-state index in [2.05, 4.69) is 10.3 Å². The lowest BCUT2D eigenvalue weighted by Gasteiger charge is -2.37. The molecule has 22 heavy (non-hydrogen) atoms. The van der Waals surface area contributed by atoms with Crippen LogP contribution in [0.2, 0.25) is 0 Å². The van der Waals surface area contributed by atoms with E-state index in [9.17, 15) is 14.3 Å². The van der Waals surface area contributed by atoms with Crippen LogP contribution in [0.15, 0.2) is 41.1 Å². The van der Waals surface area contributed by atoms with Crippen LogP contribution in [0, 0.1) is 11.7 Å². The number of thiophene rings is 1. The highest BCUT2D eigenvalue weighted by Crippen LogP contribution is 2.33. The monoisotopic (exact) mass is 319 g/mol. The Morgan fingerprint density at radius 2 is 2.23 bits per heavy atom. The molecule has 0 spiro atoms. The van der Waals surface area contributed by atoms with Crippen LogP contribution in [-0.2, 0) is 4.79 Å². The number of hydrogen-bond acceptors (Lipinski definition) is 3. The van der Waals surface area contributed by atoms with Crippen molar-refractivity contribution in [3.8, 4) is 0 Å². The van der Waals surface area contributed by atoms with Gasteiger partial charge in [0.2, 0.25) is 0 Å². The number of rotatable bonds is 4. The highest BCUT2D eigenvalue weighted by atomic mass is 32.1. The number of carbonyl (C=O) groups is 1. The van der Waals surface area contributed by atoms with E-state index in [1.165, 1.54) is 6.07 Å². The number of nitrogens with zero attached hydrogens (tertiary/aromatic N) is 1. The van der Waals surface area contributed by atoms with Crippen molar-refractivity contribution in [1.29, 1.82) is 0 Å². The van der Waals surface area contributed by atoms with Crippen molar-refractivity contribution in [2.75, 3.05) is 13.1 Å². The number of likely N-dealkylation sites (tertiary alicyclic amines) is 1. The topological polar surface area (TPSA) is 40.5 Å². The summed E-state index contributed by atoms with van der Waals surface area (Å²) in [6, 6.07) is 8.56. The predicted octanol–water partition coefficient (Wildman–Crippen LogP) is 3.77. The minimum absolute atomic E-state index is 0.0795. The molecule has 0 saturated carbocycles. The van der Waals surface area contributed by atoms with Crippen LogP contribution in [0.1, 0.15) is 30.0 Å². The molecule has 0 aliphatic carbocycles. The molecule has 0 bridgehead atoms. The van der Waals surface area contributed by atoms with Crippen LogP contribution in [0.4, 0.5) is 4.39 Å². The Bertz CT molecular complexity index is 644. The molecule has 2 unspecified atom stereocenters. The van der Waals surface area contributed by atoms with E-state index in [-0.39, 0.29) is 17.8 Å². The largest absolute Gasteiger partial charge is 0.481 e. The minimum atomic E-state index is -0.743. The van der Waals surface area contributed by atoms with Crippen molar-refractivity contribution in [2.24, 2.45) is 5.92 Å². The smallest absolute Gasteiger partial charge is 0.307 e.